The monoisotopic (exact) mass is 388 g/mol. The van der Waals surface area contributed by atoms with Crippen LogP contribution >= 0.6 is 0 Å². The summed E-state index contributed by atoms with van der Waals surface area (Å²) in [4.78, 5) is 45.7. The average Bonchev–Trinajstić information content (AvgIpc) is 2.72. The highest BCUT2D eigenvalue weighted by Crippen LogP contribution is 2.32. The molecule has 146 valence electrons. The van der Waals surface area contributed by atoms with Crippen molar-refractivity contribution in [1.29, 1.82) is 0 Å². The minimum absolute atomic E-state index is 0.282. The van der Waals surface area contributed by atoms with Crippen LogP contribution in [0.25, 0.3) is 10.8 Å². The lowest BCUT2D eigenvalue weighted by atomic mass is 9.93. The highest BCUT2D eigenvalue weighted by molar-refractivity contribution is 6.26. The van der Waals surface area contributed by atoms with E-state index in [0.29, 0.717) is 35.3 Å². The van der Waals surface area contributed by atoms with E-state index in [9.17, 15) is 14.4 Å². The van der Waals surface area contributed by atoms with E-state index < -0.39 is 0 Å². The number of rotatable bonds is 5. The molecule has 0 saturated carbocycles. The van der Waals surface area contributed by atoms with Gasteiger partial charge in [0.2, 0.25) is 0 Å². The Morgan fingerprint density at radius 1 is 1.03 bits per heavy atom. The van der Waals surface area contributed by atoms with Crippen molar-refractivity contribution in [2.75, 3.05) is 32.5 Å². The maximum atomic E-state index is 13.1. The van der Waals surface area contributed by atoms with Crippen molar-refractivity contribution >= 4 is 34.2 Å². The lowest BCUT2D eigenvalue weighted by molar-refractivity contribution is 0.0601. The molecule has 0 radical (unpaired) electrons. The molecule has 7 heteroatoms. The topological polar surface area (TPSA) is 82.6 Å². The van der Waals surface area contributed by atoms with E-state index in [-0.39, 0.29) is 23.4 Å². The first kappa shape index (κ1) is 18.8. The molecule has 1 aromatic heterocycles. The first-order chi connectivity index (χ1) is 14.0. The summed E-state index contributed by atoms with van der Waals surface area (Å²) in [5.41, 5.74) is 1.67. The molecule has 0 unspecified atom stereocenters. The maximum Gasteiger partial charge on any atom is 0.274 e. The molecule has 2 aromatic carbocycles. The van der Waals surface area contributed by atoms with Gasteiger partial charge in [-0.2, -0.15) is 0 Å². The van der Waals surface area contributed by atoms with Crippen molar-refractivity contribution in [3.05, 3.63) is 71.5 Å². The molecule has 4 rings (SSSR count). The number of nitrogens with one attached hydrogen (secondary N) is 1. The van der Waals surface area contributed by atoms with Crippen molar-refractivity contribution in [3.8, 4) is 0 Å². The number of anilines is 1. The SMILES string of the molecule is CN(C)CCN1C(=O)c2cccc3cc(NC(=O)c4ccccn4)cc(c23)C1=O. The Morgan fingerprint density at radius 3 is 2.55 bits per heavy atom. The number of pyridine rings is 1. The number of benzene rings is 2. The summed E-state index contributed by atoms with van der Waals surface area (Å²) in [5.74, 6) is -1.01. The van der Waals surface area contributed by atoms with Crippen LogP contribution in [0, 0.1) is 0 Å². The predicted molar refractivity (Wildman–Crippen MR) is 110 cm³/mol. The van der Waals surface area contributed by atoms with Gasteiger partial charge in [0.1, 0.15) is 5.69 Å². The highest BCUT2D eigenvalue weighted by Gasteiger charge is 2.33. The van der Waals surface area contributed by atoms with Crippen LogP contribution in [0.2, 0.25) is 0 Å². The second-order valence-corrected chi connectivity index (χ2v) is 7.16. The fourth-order valence-corrected chi connectivity index (χ4v) is 3.43. The Balaban J connectivity index is 1.75. The molecule has 7 nitrogen and oxygen atoms in total. The molecule has 0 spiro atoms. The molecule has 1 N–H and O–H groups in total. The van der Waals surface area contributed by atoms with E-state index in [0.717, 1.165) is 5.39 Å². The number of hydrogen-bond donors (Lipinski definition) is 1. The molecule has 0 fully saturated rings. The van der Waals surface area contributed by atoms with Gasteiger partial charge in [-0.1, -0.05) is 18.2 Å². The number of likely N-dealkylation sites (N-methyl/N-ethyl adjacent to an activating group) is 1. The predicted octanol–water partition coefficient (Wildman–Crippen LogP) is 2.64. The number of aromatic nitrogens is 1. The highest BCUT2D eigenvalue weighted by atomic mass is 16.2. The van der Waals surface area contributed by atoms with Crippen molar-refractivity contribution in [2.24, 2.45) is 0 Å². The summed E-state index contributed by atoms with van der Waals surface area (Å²) in [6.45, 7) is 0.865. The zero-order valence-corrected chi connectivity index (χ0v) is 16.2. The number of nitrogens with zero attached hydrogens (tertiary/aromatic N) is 3. The van der Waals surface area contributed by atoms with E-state index in [2.05, 4.69) is 10.3 Å². The largest absolute Gasteiger partial charge is 0.321 e. The van der Waals surface area contributed by atoms with Gasteiger partial charge >= 0.3 is 0 Å². The van der Waals surface area contributed by atoms with Gasteiger partial charge in [-0.25, -0.2) is 0 Å². The van der Waals surface area contributed by atoms with Gasteiger partial charge in [0.05, 0.1) is 5.56 Å². The smallest absolute Gasteiger partial charge is 0.274 e. The summed E-state index contributed by atoms with van der Waals surface area (Å²) in [5, 5.41) is 4.15. The van der Waals surface area contributed by atoms with Crippen LogP contribution in [0.15, 0.2) is 54.7 Å². The van der Waals surface area contributed by atoms with Crippen molar-refractivity contribution in [1.82, 2.24) is 14.8 Å². The van der Waals surface area contributed by atoms with Crippen LogP contribution in [-0.2, 0) is 0 Å². The average molecular weight is 388 g/mol. The molecule has 1 aliphatic rings. The van der Waals surface area contributed by atoms with Gasteiger partial charge in [-0.05, 0) is 49.8 Å². The molecule has 2 heterocycles. The number of carbonyl (C=O) groups excluding carboxylic acids is 3. The van der Waals surface area contributed by atoms with Gasteiger partial charge in [-0.15, -0.1) is 0 Å². The molecule has 0 aliphatic carbocycles. The molecule has 0 saturated heterocycles. The van der Waals surface area contributed by atoms with Crippen LogP contribution in [0.4, 0.5) is 5.69 Å². The first-order valence-electron chi connectivity index (χ1n) is 9.26. The summed E-state index contributed by atoms with van der Waals surface area (Å²) in [6, 6.07) is 13.8. The second kappa shape index (κ2) is 7.44. The summed E-state index contributed by atoms with van der Waals surface area (Å²) in [7, 11) is 3.78. The second-order valence-electron chi connectivity index (χ2n) is 7.16. The minimum atomic E-state index is -0.364. The van der Waals surface area contributed by atoms with E-state index in [1.165, 1.54) is 4.90 Å². The molecule has 29 heavy (non-hydrogen) atoms. The Hall–Kier alpha value is -3.58. The van der Waals surface area contributed by atoms with E-state index >= 15 is 0 Å². The van der Waals surface area contributed by atoms with Crippen LogP contribution in [0.5, 0.6) is 0 Å². The number of carbonyl (C=O) groups is 3. The molecule has 3 aromatic rings. The molecule has 0 bridgehead atoms. The molecular weight excluding hydrogens is 368 g/mol. The summed E-state index contributed by atoms with van der Waals surface area (Å²) in [6.07, 6.45) is 1.54. The summed E-state index contributed by atoms with van der Waals surface area (Å²) < 4.78 is 0. The Morgan fingerprint density at radius 2 is 1.83 bits per heavy atom. The van der Waals surface area contributed by atoms with Gasteiger partial charge in [-0.3, -0.25) is 24.3 Å². The van der Waals surface area contributed by atoms with Gasteiger partial charge < -0.3 is 10.2 Å². The minimum Gasteiger partial charge on any atom is -0.321 e. The van der Waals surface area contributed by atoms with E-state index in [4.69, 9.17) is 0 Å². The first-order valence-corrected chi connectivity index (χ1v) is 9.26. The van der Waals surface area contributed by atoms with Gasteiger partial charge in [0.25, 0.3) is 17.7 Å². The normalized spacial score (nSPS) is 13.3. The third-order valence-electron chi connectivity index (χ3n) is 4.85. The van der Waals surface area contributed by atoms with Crippen molar-refractivity contribution < 1.29 is 14.4 Å². The number of hydrogen-bond acceptors (Lipinski definition) is 5. The zero-order chi connectivity index (χ0) is 20.5. The Kier molecular flexibility index (Phi) is 4.82. The van der Waals surface area contributed by atoms with Crippen molar-refractivity contribution in [3.63, 3.8) is 0 Å². The Labute approximate surface area is 167 Å². The third kappa shape index (κ3) is 3.48. The fourth-order valence-electron chi connectivity index (χ4n) is 3.43. The van der Waals surface area contributed by atoms with E-state index in [1.807, 2.05) is 25.1 Å². The summed E-state index contributed by atoms with van der Waals surface area (Å²) >= 11 is 0. The number of imide groups is 1. The van der Waals surface area contributed by atoms with E-state index in [1.54, 1.807) is 48.7 Å². The third-order valence-corrected chi connectivity index (χ3v) is 4.85. The fraction of sp³-hybridized carbons (Fsp3) is 0.182. The number of amides is 3. The molecule has 1 aliphatic heterocycles. The molecular formula is C22H20N4O3. The zero-order valence-electron chi connectivity index (χ0n) is 16.2. The van der Waals surface area contributed by atoms with Gasteiger partial charge in [0.15, 0.2) is 0 Å². The van der Waals surface area contributed by atoms with Crippen LogP contribution < -0.4 is 5.32 Å². The molecule has 0 atom stereocenters. The lowest BCUT2D eigenvalue weighted by Gasteiger charge is -2.28. The maximum absolute atomic E-state index is 13.1. The quantitative estimate of drug-likeness (QED) is 0.680. The van der Waals surface area contributed by atoms with Crippen LogP contribution in [0.1, 0.15) is 31.2 Å². The van der Waals surface area contributed by atoms with Gasteiger partial charge in [0, 0.05) is 35.9 Å². The van der Waals surface area contributed by atoms with Crippen LogP contribution in [-0.4, -0.2) is 59.7 Å². The van der Waals surface area contributed by atoms with Crippen LogP contribution in [0.3, 0.4) is 0 Å². The lowest BCUT2D eigenvalue weighted by Crippen LogP contribution is -2.43. The molecule has 3 amide bonds. The van der Waals surface area contributed by atoms with Crippen molar-refractivity contribution in [2.45, 2.75) is 0 Å². The standard InChI is InChI=1S/C22H20N4O3/c1-25(2)10-11-26-21(28)16-7-5-6-14-12-15(13-17(19(14)16)22(26)29)24-20(27)18-8-3-4-9-23-18/h3-9,12-13H,10-11H2,1-2H3,(H,24,27). The Bertz CT molecular complexity index is 1130.